The van der Waals surface area contributed by atoms with Crippen molar-refractivity contribution in [3.63, 3.8) is 0 Å². The summed E-state index contributed by atoms with van der Waals surface area (Å²) < 4.78 is 0. The Labute approximate surface area is 138 Å². The van der Waals surface area contributed by atoms with Gasteiger partial charge >= 0.3 is 0 Å². The highest BCUT2D eigenvalue weighted by atomic mass is 16.2. The third kappa shape index (κ3) is 4.24. The van der Waals surface area contributed by atoms with Crippen molar-refractivity contribution in [3.05, 3.63) is 29.8 Å². The normalized spacial score (nSPS) is 15.3. The van der Waals surface area contributed by atoms with Crippen molar-refractivity contribution in [1.29, 1.82) is 0 Å². The van der Waals surface area contributed by atoms with E-state index >= 15 is 0 Å². The number of carbonyl (C=O) groups excluding carboxylic acids is 2. The second kappa shape index (κ2) is 7.99. The number of nitrogens with zero attached hydrogens (tertiary/aromatic N) is 2. The highest BCUT2D eigenvalue weighted by Crippen LogP contribution is 2.25. The van der Waals surface area contributed by atoms with Gasteiger partial charge in [-0.3, -0.25) is 9.59 Å². The largest absolute Gasteiger partial charge is 0.371 e. The Morgan fingerprint density at radius 2 is 1.78 bits per heavy atom. The Kier molecular flexibility index (Phi) is 6.02. The molecule has 1 aromatic rings. The van der Waals surface area contributed by atoms with E-state index in [1.54, 1.807) is 6.92 Å². The van der Waals surface area contributed by atoms with Gasteiger partial charge in [0.25, 0.3) is 5.91 Å². The summed E-state index contributed by atoms with van der Waals surface area (Å²) in [6, 6.07) is 8.08. The van der Waals surface area contributed by atoms with Crippen LogP contribution in [0.1, 0.15) is 44.0 Å². The van der Waals surface area contributed by atoms with Gasteiger partial charge in [-0.15, -0.1) is 0 Å². The third-order valence-corrected chi connectivity index (χ3v) is 4.43. The first-order valence-electron chi connectivity index (χ1n) is 8.47. The molecule has 2 rings (SSSR count). The third-order valence-electron chi connectivity index (χ3n) is 4.43. The number of benzene rings is 1. The molecule has 5 nitrogen and oxygen atoms in total. The number of hydrogen-bond donors (Lipinski definition) is 1. The molecular formula is C18H27N3O2. The fraction of sp³-hybridized carbons (Fsp3) is 0.556. The summed E-state index contributed by atoms with van der Waals surface area (Å²) in [6.07, 6.45) is 1.82. The van der Waals surface area contributed by atoms with E-state index in [0.717, 1.165) is 37.2 Å². The lowest BCUT2D eigenvalue weighted by Gasteiger charge is -2.35. The van der Waals surface area contributed by atoms with Gasteiger partial charge in [-0.1, -0.05) is 12.1 Å². The molecule has 1 N–H and O–H groups in total. The molecule has 1 aromatic carbocycles. The van der Waals surface area contributed by atoms with Crippen LogP contribution in [-0.2, 0) is 4.79 Å². The summed E-state index contributed by atoms with van der Waals surface area (Å²) in [5, 5.41) is 2.99. The van der Waals surface area contributed by atoms with Crippen molar-refractivity contribution >= 4 is 17.5 Å². The second-order valence-electron chi connectivity index (χ2n) is 5.96. The smallest absolute Gasteiger partial charge is 0.255 e. The molecule has 0 radical (unpaired) electrons. The molecule has 0 aliphatic carbocycles. The minimum absolute atomic E-state index is 0.0283. The van der Waals surface area contributed by atoms with E-state index in [-0.39, 0.29) is 17.9 Å². The first-order valence-corrected chi connectivity index (χ1v) is 8.47. The van der Waals surface area contributed by atoms with Crippen molar-refractivity contribution in [3.8, 4) is 0 Å². The molecule has 1 aliphatic rings. The van der Waals surface area contributed by atoms with Crippen molar-refractivity contribution in [2.24, 2.45) is 0 Å². The summed E-state index contributed by atoms with van der Waals surface area (Å²) in [7, 11) is 0. The first kappa shape index (κ1) is 17.3. The van der Waals surface area contributed by atoms with Crippen LogP contribution in [0.15, 0.2) is 24.3 Å². The maximum Gasteiger partial charge on any atom is 0.255 e. The maximum absolute atomic E-state index is 12.7. The average Bonchev–Trinajstić information content (AvgIpc) is 2.56. The minimum Gasteiger partial charge on any atom is -0.371 e. The number of piperidine rings is 1. The van der Waals surface area contributed by atoms with Crippen LogP contribution in [0.3, 0.4) is 0 Å². The van der Waals surface area contributed by atoms with E-state index in [1.165, 1.54) is 0 Å². The molecule has 0 spiro atoms. The Balaban J connectivity index is 2.12. The van der Waals surface area contributed by atoms with Crippen LogP contribution in [0.25, 0.3) is 0 Å². The molecule has 0 aromatic heterocycles. The van der Waals surface area contributed by atoms with Gasteiger partial charge in [0.2, 0.25) is 5.91 Å². The molecule has 23 heavy (non-hydrogen) atoms. The van der Waals surface area contributed by atoms with Gasteiger partial charge in [0.15, 0.2) is 0 Å². The van der Waals surface area contributed by atoms with Crippen molar-refractivity contribution in [2.45, 2.75) is 39.7 Å². The standard InChI is InChI=1S/C18H27N3O2/c1-4-20(5-2)18(23)16-8-6-7-9-17(16)21-12-10-15(11-13-21)19-14(3)22/h6-9,15H,4-5,10-13H2,1-3H3,(H,19,22). The fourth-order valence-corrected chi connectivity index (χ4v) is 3.16. The molecule has 126 valence electrons. The molecule has 0 unspecified atom stereocenters. The maximum atomic E-state index is 12.7. The van der Waals surface area contributed by atoms with Crippen LogP contribution in [0, 0.1) is 0 Å². The van der Waals surface area contributed by atoms with E-state index in [4.69, 9.17) is 0 Å². The predicted octanol–water partition coefficient (Wildman–Crippen LogP) is 2.27. The lowest BCUT2D eigenvalue weighted by Crippen LogP contribution is -2.44. The number of anilines is 1. The number of hydrogen-bond acceptors (Lipinski definition) is 3. The molecule has 0 atom stereocenters. The van der Waals surface area contributed by atoms with Crippen LogP contribution in [0.4, 0.5) is 5.69 Å². The number of nitrogens with one attached hydrogen (secondary N) is 1. The Hall–Kier alpha value is -2.04. The molecule has 1 heterocycles. The summed E-state index contributed by atoms with van der Waals surface area (Å²) in [5.41, 5.74) is 1.78. The lowest BCUT2D eigenvalue weighted by molar-refractivity contribution is -0.119. The molecule has 0 saturated carbocycles. The lowest BCUT2D eigenvalue weighted by atomic mass is 10.0. The first-order chi connectivity index (χ1) is 11.1. The summed E-state index contributed by atoms with van der Waals surface area (Å²) >= 11 is 0. The number of rotatable bonds is 5. The second-order valence-corrected chi connectivity index (χ2v) is 5.96. The SMILES string of the molecule is CCN(CC)C(=O)c1ccccc1N1CCC(NC(C)=O)CC1. The zero-order valence-corrected chi connectivity index (χ0v) is 14.3. The van der Waals surface area contributed by atoms with Gasteiger partial charge in [-0.2, -0.15) is 0 Å². The van der Waals surface area contributed by atoms with E-state index in [9.17, 15) is 9.59 Å². The summed E-state index contributed by atoms with van der Waals surface area (Å²) in [6.45, 7) is 8.71. The molecule has 0 bridgehead atoms. The summed E-state index contributed by atoms with van der Waals surface area (Å²) in [5.74, 6) is 0.121. The summed E-state index contributed by atoms with van der Waals surface area (Å²) in [4.78, 5) is 28.0. The highest BCUT2D eigenvalue weighted by Gasteiger charge is 2.24. The van der Waals surface area contributed by atoms with E-state index < -0.39 is 0 Å². The number of carbonyl (C=O) groups is 2. The monoisotopic (exact) mass is 317 g/mol. The van der Waals surface area contributed by atoms with Crippen molar-refractivity contribution in [1.82, 2.24) is 10.2 Å². The van der Waals surface area contributed by atoms with E-state index in [1.807, 2.05) is 43.0 Å². The fourth-order valence-electron chi connectivity index (χ4n) is 3.16. The van der Waals surface area contributed by atoms with Gasteiger partial charge < -0.3 is 15.1 Å². The van der Waals surface area contributed by atoms with E-state index in [2.05, 4.69) is 10.2 Å². The Morgan fingerprint density at radius 3 is 2.35 bits per heavy atom. The molecule has 2 amide bonds. The van der Waals surface area contributed by atoms with Gasteiger partial charge in [0.1, 0.15) is 0 Å². The molecule has 1 aliphatic heterocycles. The van der Waals surface area contributed by atoms with Crippen LogP contribution >= 0.6 is 0 Å². The molecule has 1 saturated heterocycles. The highest BCUT2D eigenvalue weighted by molar-refractivity contribution is 5.99. The van der Waals surface area contributed by atoms with Crippen LogP contribution in [0.5, 0.6) is 0 Å². The average molecular weight is 317 g/mol. The Bertz CT molecular complexity index is 547. The molecule has 5 heteroatoms. The minimum atomic E-state index is 0.0283. The number of para-hydroxylation sites is 1. The Morgan fingerprint density at radius 1 is 1.17 bits per heavy atom. The molecule has 1 fully saturated rings. The van der Waals surface area contributed by atoms with Gasteiger partial charge in [-0.25, -0.2) is 0 Å². The van der Waals surface area contributed by atoms with Crippen molar-refractivity contribution in [2.75, 3.05) is 31.1 Å². The predicted molar refractivity (Wildman–Crippen MR) is 92.7 cm³/mol. The van der Waals surface area contributed by atoms with Crippen LogP contribution in [0.2, 0.25) is 0 Å². The van der Waals surface area contributed by atoms with Gasteiger partial charge in [0, 0.05) is 44.8 Å². The van der Waals surface area contributed by atoms with E-state index in [0.29, 0.717) is 13.1 Å². The van der Waals surface area contributed by atoms with Gasteiger partial charge in [-0.05, 0) is 38.8 Å². The van der Waals surface area contributed by atoms with Crippen LogP contribution in [-0.4, -0.2) is 48.9 Å². The van der Waals surface area contributed by atoms with Crippen molar-refractivity contribution < 1.29 is 9.59 Å². The zero-order chi connectivity index (χ0) is 16.8. The zero-order valence-electron chi connectivity index (χ0n) is 14.3. The number of amides is 2. The van der Waals surface area contributed by atoms with Crippen LogP contribution < -0.4 is 10.2 Å². The quantitative estimate of drug-likeness (QED) is 0.906. The van der Waals surface area contributed by atoms with Gasteiger partial charge in [0.05, 0.1) is 5.56 Å². The topological polar surface area (TPSA) is 52.7 Å². The molecular weight excluding hydrogens is 290 g/mol.